The van der Waals surface area contributed by atoms with Gasteiger partial charge in [-0.3, -0.25) is 14.4 Å². The van der Waals surface area contributed by atoms with Crippen LogP contribution < -0.4 is 25.0 Å². The number of hydrogen-bond acceptors (Lipinski definition) is 5. The molecule has 33 heavy (non-hydrogen) atoms. The molecular formula is C25H23N3O5. The summed E-state index contributed by atoms with van der Waals surface area (Å²) < 4.78 is 10.6. The van der Waals surface area contributed by atoms with E-state index in [1.807, 2.05) is 0 Å². The van der Waals surface area contributed by atoms with E-state index in [0.717, 1.165) is 12.2 Å². The first-order valence-corrected chi connectivity index (χ1v) is 10.4. The normalized spacial score (nSPS) is 12.5. The molecular weight excluding hydrogens is 422 g/mol. The van der Waals surface area contributed by atoms with Crippen LogP contribution >= 0.6 is 0 Å². The molecule has 1 heterocycles. The van der Waals surface area contributed by atoms with Crippen molar-refractivity contribution in [2.75, 3.05) is 35.8 Å². The molecule has 3 amide bonds. The van der Waals surface area contributed by atoms with Gasteiger partial charge in [0.1, 0.15) is 11.5 Å². The van der Waals surface area contributed by atoms with Crippen LogP contribution in [0.5, 0.6) is 11.5 Å². The van der Waals surface area contributed by atoms with E-state index in [9.17, 15) is 14.4 Å². The number of methoxy groups -OCH3 is 1. The molecule has 1 fully saturated rings. The van der Waals surface area contributed by atoms with E-state index in [1.54, 1.807) is 84.8 Å². The third-order valence-electron chi connectivity index (χ3n) is 5.13. The quantitative estimate of drug-likeness (QED) is 0.516. The van der Waals surface area contributed by atoms with Crippen LogP contribution in [-0.4, -0.2) is 38.0 Å². The lowest BCUT2D eigenvalue weighted by molar-refractivity contribution is -0.122. The number of amides is 3. The highest BCUT2D eigenvalue weighted by Crippen LogP contribution is 2.24. The highest BCUT2D eigenvalue weighted by atomic mass is 16.5. The lowest BCUT2D eigenvalue weighted by Gasteiger charge is -2.30. The number of carbonyl (C=O) groups is 3. The number of rotatable bonds is 8. The zero-order valence-corrected chi connectivity index (χ0v) is 18.0. The molecule has 0 saturated carbocycles. The monoisotopic (exact) mass is 445 g/mol. The molecule has 0 bridgehead atoms. The maximum absolute atomic E-state index is 12.5. The van der Waals surface area contributed by atoms with Gasteiger partial charge in [-0.05, 0) is 60.7 Å². The summed E-state index contributed by atoms with van der Waals surface area (Å²) >= 11 is 0. The second-order valence-corrected chi connectivity index (χ2v) is 7.39. The fraction of sp³-hybridized carbons (Fsp3) is 0.160. The molecule has 0 radical (unpaired) electrons. The first-order valence-electron chi connectivity index (χ1n) is 10.4. The summed E-state index contributed by atoms with van der Waals surface area (Å²) in [5, 5.41) is 5.56. The van der Waals surface area contributed by atoms with Gasteiger partial charge in [-0.2, -0.15) is 0 Å². The summed E-state index contributed by atoms with van der Waals surface area (Å²) in [5.74, 6) is 0.631. The molecule has 3 aromatic carbocycles. The van der Waals surface area contributed by atoms with Gasteiger partial charge >= 0.3 is 0 Å². The smallest absolute Gasteiger partial charge is 0.262 e. The van der Waals surface area contributed by atoms with Gasteiger partial charge in [0.25, 0.3) is 11.8 Å². The van der Waals surface area contributed by atoms with E-state index >= 15 is 0 Å². The fourth-order valence-corrected chi connectivity index (χ4v) is 3.27. The Morgan fingerprint density at radius 3 is 2.30 bits per heavy atom. The van der Waals surface area contributed by atoms with Gasteiger partial charge in [-0.15, -0.1) is 0 Å². The minimum atomic E-state index is -0.312. The van der Waals surface area contributed by atoms with E-state index in [4.69, 9.17) is 9.47 Å². The molecule has 0 atom stereocenters. The molecule has 1 saturated heterocycles. The van der Waals surface area contributed by atoms with Crippen molar-refractivity contribution >= 4 is 34.8 Å². The van der Waals surface area contributed by atoms with Gasteiger partial charge < -0.3 is 25.0 Å². The highest BCUT2D eigenvalue weighted by molar-refractivity contribution is 6.04. The Kier molecular flexibility index (Phi) is 6.54. The Morgan fingerprint density at radius 1 is 0.909 bits per heavy atom. The summed E-state index contributed by atoms with van der Waals surface area (Å²) in [5.41, 5.74) is 2.51. The van der Waals surface area contributed by atoms with Gasteiger partial charge in [0.15, 0.2) is 6.61 Å². The second kappa shape index (κ2) is 9.86. The Balaban J connectivity index is 1.27. The average Bonchev–Trinajstić information content (AvgIpc) is 2.83. The third kappa shape index (κ3) is 5.48. The first kappa shape index (κ1) is 21.9. The number of benzene rings is 3. The minimum absolute atomic E-state index is 0.104. The summed E-state index contributed by atoms with van der Waals surface area (Å²) in [4.78, 5) is 37.8. The second-order valence-electron chi connectivity index (χ2n) is 7.39. The molecule has 8 nitrogen and oxygen atoms in total. The lowest BCUT2D eigenvalue weighted by Crippen LogP contribution is -2.43. The predicted octanol–water partition coefficient (Wildman–Crippen LogP) is 3.70. The molecule has 4 rings (SSSR count). The third-order valence-corrected chi connectivity index (χ3v) is 5.13. The van der Waals surface area contributed by atoms with Crippen molar-refractivity contribution in [2.24, 2.45) is 0 Å². The van der Waals surface area contributed by atoms with Crippen molar-refractivity contribution < 1.29 is 23.9 Å². The van der Waals surface area contributed by atoms with E-state index in [2.05, 4.69) is 10.6 Å². The van der Waals surface area contributed by atoms with Gasteiger partial charge in [0, 0.05) is 41.7 Å². The van der Waals surface area contributed by atoms with E-state index in [-0.39, 0.29) is 24.3 Å². The number of hydrogen-bond donors (Lipinski definition) is 2. The number of ether oxygens (including phenoxy) is 2. The van der Waals surface area contributed by atoms with Crippen molar-refractivity contribution in [3.63, 3.8) is 0 Å². The summed E-state index contributed by atoms with van der Waals surface area (Å²) in [6, 6.07) is 20.7. The number of nitrogens with zero attached hydrogens (tertiary/aromatic N) is 1. The molecule has 0 aromatic heterocycles. The Morgan fingerprint density at radius 2 is 1.67 bits per heavy atom. The Labute approximate surface area is 191 Å². The van der Waals surface area contributed by atoms with Crippen molar-refractivity contribution in [3.8, 4) is 11.5 Å². The first-order chi connectivity index (χ1) is 16.0. The molecule has 0 unspecified atom stereocenters. The molecule has 3 aromatic rings. The summed E-state index contributed by atoms with van der Waals surface area (Å²) in [6.45, 7) is 0.552. The van der Waals surface area contributed by atoms with Crippen LogP contribution in [0.2, 0.25) is 0 Å². The maximum atomic E-state index is 12.5. The molecule has 8 heteroatoms. The maximum Gasteiger partial charge on any atom is 0.262 e. The van der Waals surface area contributed by atoms with Gasteiger partial charge in [-0.25, -0.2) is 0 Å². The molecule has 0 aliphatic carbocycles. The Hall–Kier alpha value is -4.33. The molecule has 1 aliphatic heterocycles. The van der Waals surface area contributed by atoms with Crippen molar-refractivity contribution in [1.82, 2.24) is 0 Å². The fourth-order valence-electron chi connectivity index (χ4n) is 3.27. The topological polar surface area (TPSA) is 97.0 Å². The van der Waals surface area contributed by atoms with Gasteiger partial charge in [-0.1, -0.05) is 6.07 Å². The van der Waals surface area contributed by atoms with Crippen molar-refractivity contribution in [2.45, 2.75) is 6.42 Å². The predicted molar refractivity (Wildman–Crippen MR) is 125 cm³/mol. The zero-order valence-electron chi connectivity index (χ0n) is 18.0. The molecule has 168 valence electrons. The average molecular weight is 445 g/mol. The van der Waals surface area contributed by atoms with Crippen LogP contribution in [0, 0.1) is 0 Å². The van der Waals surface area contributed by atoms with Crippen molar-refractivity contribution in [3.05, 3.63) is 78.4 Å². The van der Waals surface area contributed by atoms with Gasteiger partial charge in [0.2, 0.25) is 5.91 Å². The van der Waals surface area contributed by atoms with Crippen LogP contribution in [0.15, 0.2) is 72.8 Å². The largest absolute Gasteiger partial charge is 0.497 e. The van der Waals surface area contributed by atoms with Crippen LogP contribution in [0.1, 0.15) is 16.8 Å². The van der Waals surface area contributed by atoms with Crippen LogP contribution in [0.4, 0.5) is 17.1 Å². The van der Waals surface area contributed by atoms with Crippen molar-refractivity contribution in [1.29, 1.82) is 0 Å². The van der Waals surface area contributed by atoms with Crippen LogP contribution in [0.25, 0.3) is 0 Å². The summed E-state index contributed by atoms with van der Waals surface area (Å²) in [6.07, 6.45) is 0.575. The van der Waals surface area contributed by atoms with E-state index < -0.39 is 0 Å². The molecule has 2 N–H and O–H groups in total. The standard InChI is InChI=1S/C25H23N3O5/c1-32-22-4-2-3-19(15-22)26-23(29)16-33-21-11-5-17(6-12-21)25(31)27-18-7-9-20(10-8-18)28-14-13-24(28)30/h2-12,15H,13-14,16H2,1H3,(H,26,29)(H,27,31). The molecule has 0 spiro atoms. The van der Waals surface area contributed by atoms with Crippen LogP contribution in [-0.2, 0) is 9.59 Å². The number of β-lactam (4-membered cyclic amide) rings is 1. The van der Waals surface area contributed by atoms with E-state index in [0.29, 0.717) is 34.9 Å². The minimum Gasteiger partial charge on any atom is -0.497 e. The van der Waals surface area contributed by atoms with E-state index in [1.165, 1.54) is 0 Å². The SMILES string of the molecule is COc1cccc(NC(=O)COc2ccc(C(=O)Nc3ccc(N4CCC4=O)cc3)cc2)c1. The zero-order chi connectivity index (χ0) is 23.2. The number of anilines is 3. The number of nitrogens with one attached hydrogen (secondary N) is 2. The lowest BCUT2D eigenvalue weighted by atomic mass is 10.1. The molecule has 1 aliphatic rings. The Bertz CT molecular complexity index is 1160. The van der Waals surface area contributed by atoms with Crippen LogP contribution in [0.3, 0.4) is 0 Å². The van der Waals surface area contributed by atoms with Gasteiger partial charge in [0.05, 0.1) is 7.11 Å². The number of carbonyl (C=O) groups excluding carboxylic acids is 3. The highest BCUT2D eigenvalue weighted by Gasteiger charge is 2.24. The summed E-state index contributed by atoms with van der Waals surface area (Å²) in [7, 11) is 1.56.